The SMILES string of the molecule is CNCC1CC(C)(C)OC(C)(C)C1. The molecule has 0 bridgehead atoms. The largest absolute Gasteiger partial charge is 0.370 e. The van der Waals surface area contributed by atoms with Gasteiger partial charge in [0.15, 0.2) is 0 Å². The van der Waals surface area contributed by atoms with Gasteiger partial charge in [-0.1, -0.05) is 0 Å². The minimum atomic E-state index is 0.0449. The van der Waals surface area contributed by atoms with Crippen LogP contribution in [0.25, 0.3) is 0 Å². The van der Waals surface area contributed by atoms with Crippen molar-refractivity contribution < 1.29 is 4.74 Å². The van der Waals surface area contributed by atoms with E-state index in [1.54, 1.807) is 0 Å². The molecule has 1 fully saturated rings. The van der Waals surface area contributed by atoms with Crippen molar-refractivity contribution in [3.63, 3.8) is 0 Å². The molecule has 78 valence electrons. The van der Waals surface area contributed by atoms with Crippen LogP contribution < -0.4 is 5.32 Å². The summed E-state index contributed by atoms with van der Waals surface area (Å²) in [4.78, 5) is 0. The number of hydrogen-bond donors (Lipinski definition) is 1. The maximum atomic E-state index is 6.01. The van der Waals surface area contributed by atoms with Crippen molar-refractivity contribution in [2.75, 3.05) is 13.6 Å². The molecule has 0 aliphatic carbocycles. The fourth-order valence-electron chi connectivity index (χ4n) is 2.73. The highest BCUT2D eigenvalue weighted by Gasteiger charge is 2.38. The van der Waals surface area contributed by atoms with E-state index in [9.17, 15) is 0 Å². The van der Waals surface area contributed by atoms with Crippen molar-refractivity contribution in [2.24, 2.45) is 5.92 Å². The molecule has 2 heteroatoms. The molecule has 1 aliphatic heterocycles. The maximum absolute atomic E-state index is 6.01. The quantitative estimate of drug-likeness (QED) is 0.712. The minimum Gasteiger partial charge on any atom is -0.370 e. The van der Waals surface area contributed by atoms with Gasteiger partial charge in [-0.3, -0.25) is 0 Å². The summed E-state index contributed by atoms with van der Waals surface area (Å²) in [6, 6.07) is 0. The van der Waals surface area contributed by atoms with E-state index in [0.29, 0.717) is 0 Å². The first-order valence-corrected chi connectivity index (χ1v) is 5.19. The first-order valence-electron chi connectivity index (χ1n) is 5.19. The molecule has 1 rings (SSSR count). The van der Waals surface area contributed by atoms with Crippen molar-refractivity contribution in [3.8, 4) is 0 Å². The number of rotatable bonds is 2. The molecular formula is C11H23NO. The predicted molar refractivity (Wildman–Crippen MR) is 55.9 cm³/mol. The smallest absolute Gasteiger partial charge is 0.0636 e. The Bertz CT molecular complexity index is 159. The zero-order valence-corrected chi connectivity index (χ0v) is 9.61. The predicted octanol–water partition coefficient (Wildman–Crippen LogP) is 2.19. The molecule has 0 unspecified atom stereocenters. The second-order valence-electron chi connectivity index (χ2n) is 5.45. The third kappa shape index (κ3) is 3.28. The third-order valence-corrected chi connectivity index (χ3v) is 2.61. The van der Waals surface area contributed by atoms with Crippen LogP contribution in [0, 0.1) is 5.92 Å². The highest BCUT2D eigenvalue weighted by Crippen LogP contribution is 2.37. The first kappa shape index (κ1) is 11.0. The summed E-state index contributed by atoms with van der Waals surface area (Å²) in [7, 11) is 2.02. The van der Waals surface area contributed by atoms with Crippen LogP contribution in [0.15, 0.2) is 0 Å². The summed E-state index contributed by atoms with van der Waals surface area (Å²) in [5, 5.41) is 3.26. The summed E-state index contributed by atoms with van der Waals surface area (Å²) in [5.74, 6) is 0.753. The average Bonchev–Trinajstić information content (AvgIpc) is 1.78. The van der Waals surface area contributed by atoms with Gasteiger partial charge in [0.2, 0.25) is 0 Å². The zero-order valence-electron chi connectivity index (χ0n) is 9.61. The molecule has 0 aromatic rings. The number of ether oxygens (including phenoxy) is 1. The Balaban J connectivity index is 2.61. The minimum absolute atomic E-state index is 0.0449. The third-order valence-electron chi connectivity index (χ3n) is 2.61. The van der Waals surface area contributed by atoms with Crippen LogP contribution >= 0.6 is 0 Å². The average molecular weight is 185 g/mol. The lowest BCUT2D eigenvalue weighted by Crippen LogP contribution is -2.47. The van der Waals surface area contributed by atoms with E-state index in [2.05, 4.69) is 33.0 Å². The Hall–Kier alpha value is -0.0800. The lowest BCUT2D eigenvalue weighted by Gasteiger charge is -2.45. The van der Waals surface area contributed by atoms with Gasteiger partial charge in [-0.15, -0.1) is 0 Å². The first-order chi connectivity index (χ1) is 5.85. The lowest BCUT2D eigenvalue weighted by molar-refractivity contribution is -0.171. The highest BCUT2D eigenvalue weighted by molar-refractivity contribution is 4.88. The molecule has 1 aliphatic rings. The molecular weight excluding hydrogens is 162 g/mol. The van der Waals surface area contributed by atoms with Gasteiger partial charge in [0, 0.05) is 0 Å². The van der Waals surface area contributed by atoms with Gasteiger partial charge in [0.05, 0.1) is 11.2 Å². The van der Waals surface area contributed by atoms with E-state index >= 15 is 0 Å². The molecule has 1 saturated heterocycles. The van der Waals surface area contributed by atoms with Gasteiger partial charge < -0.3 is 10.1 Å². The molecule has 0 aromatic heterocycles. The molecule has 0 aromatic carbocycles. The van der Waals surface area contributed by atoms with Crippen molar-refractivity contribution in [1.29, 1.82) is 0 Å². The van der Waals surface area contributed by atoms with Gasteiger partial charge in [0.25, 0.3) is 0 Å². The number of hydrogen-bond acceptors (Lipinski definition) is 2. The molecule has 0 saturated carbocycles. The van der Waals surface area contributed by atoms with Gasteiger partial charge in [-0.2, -0.15) is 0 Å². The van der Waals surface area contributed by atoms with Crippen LogP contribution in [0.2, 0.25) is 0 Å². The van der Waals surface area contributed by atoms with E-state index in [-0.39, 0.29) is 11.2 Å². The van der Waals surface area contributed by atoms with Crippen LogP contribution in [0.5, 0.6) is 0 Å². The fraction of sp³-hybridized carbons (Fsp3) is 1.00. The molecule has 0 amide bonds. The molecule has 1 N–H and O–H groups in total. The summed E-state index contributed by atoms with van der Waals surface area (Å²) in [6.07, 6.45) is 2.33. The van der Waals surface area contributed by atoms with Gasteiger partial charge in [0.1, 0.15) is 0 Å². The van der Waals surface area contributed by atoms with Gasteiger partial charge >= 0.3 is 0 Å². The summed E-state index contributed by atoms with van der Waals surface area (Å²) >= 11 is 0. The van der Waals surface area contributed by atoms with Crippen molar-refractivity contribution in [3.05, 3.63) is 0 Å². The van der Waals surface area contributed by atoms with Crippen LogP contribution in [0.1, 0.15) is 40.5 Å². The van der Waals surface area contributed by atoms with E-state index < -0.39 is 0 Å². The van der Waals surface area contributed by atoms with Gasteiger partial charge in [-0.25, -0.2) is 0 Å². The Labute approximate surface area is 82.0 Å². The Kier molecular flexibility index (Phi) is 3.03. The van der Waals surface area contributed by atoms with Gasteiger partial charge in [-0.05, 0) is 60.0 Å². The van der Waals surface area contributed by atoms with Crippen LogP contribution in [-0.4, -0.2) is 24.8 Å². The molecule has 13 heavy (non-hydrogen) atoms. The topological polar surface area (TPSA) is 21.3 Å². The van der Waals surface area contributed by atoms with Crippen molar-refractivity contribution in [2.45, 2.75) is 51.7 Å². The van der Waals surface area contributed by atoms with E-state index in [1.807, 2.05) is 7.05 Å². The van der Waals surface area contributed by atoms with Crippen molar-refractivity contribution >= 4 is 0 Å². The number of nitrogens with one attached hydrogen (secondary N) is 1. The second-order valence-corrected chi connectivity index (χ2v) is 5.45. The van der Waals surface area contributed by atoms with Crippen LogP contribution in [0.3, 0.4) is 0 Å². The maximum Gasteiger partial charge on any atom is 0.0636 e. The van der Waals surface area contributed by atoms with E-state index in [0.717, 1.165) is 25.3 Å². The van der Waals surface area contributed by atoms with E-state index in [1.165, 1.54) is 0 Å². The standard InChI is InChI=1S/C11H23NO/c1-10(2)6-9(8-12-5)7-11(3,4)13-10/h9,12H,6-8H2,1-5H3. The monoisotopic (exact) mass is 185 g/mol. The van der Waals surface area contributed by atoms with Crippen molar-refractivity contribution in [1.82, 2.24) is 5.32 Å². The molecule has 0 radical (unpaired) electrons. The molecule has 2 nitrogen and oxygen atoms in total. The van der Waals surface area contributed by atoms with Crippen LogP contribution in [0.4, 0.5) is 0 Å². The summed E-state index contributed by atoms with van der Waals surface area (Å²) in [6.45, 7) is 9.87. The molecule has 0 atom stereocenters. The molecule has 0 spiro atoms. The Morgan fingerprint density at radius 1 is 1.15 bits per heavy atom. The Morgan fingerprint density at radius 3 is 2.00 bits per heavy atom. The van der Waals surface area contributed by atoms with Crippen LogP contribution in [-0.2, 0) is 4.74 Å². The van der Waals surface area contributed by atoms with E-state index in [4.69, 9.17) is 4.74 Å². The normalized spacial score (nSPS) is 27.5. The molecule has 1 heterocycles. The Morgan fingerprint density at radius 2 is 1.62 bits per heavy atom. The summed E-state index contributed by atoms with van der Waals surface area (Å²) in [5.41, 5.74) is 0.0898. The summed E-state index contributed by atoms with van der Waals surface area (Å²) < 4.78 is 6.01. The fourth-order valence-corrected chi connectivity index (χ4v) is 2.73. The highest BCUT2D eigenvalue weighted by atomic mass is 16.5. The second kappa shape index (κ2) is 3.58. The zero-order chi connectivity index (χ0) is 10.1. The lowest BCUT2D eigenvalue weighted by atomic mass is 9.81.